The molecule has 0 saturated carbocycles. The number of nitro groups is 1. The summed E-state index contributed by atoms with van der Waals surface area (Å²) in [4.78, 5) is 30.5. The molecular formula is C37H31N3O6S. The molecule has 0 fully saturated rings. The standard InChI is InChI=1S/C37H31N3O6S/c1-3-45-32-19-24(13-18-31(32)46-22-23-11-15-27(16-12-23)40(42)43)20-33-36(41)39-35(26-8-6-9-28(21-26)44-2)30-17-14-25-7-4-5-10-29(25)34(30)38-37(39)47-33/h4-13,15-16,18-21,35H,3,14,17,22H2,1-2H3/b33-20+/t35-/m1/s1. The molecule has 1 aliphatic heterocycles. The Kier molecular flexibility index (Phi) is 8.17. The number of hydrogen-bond donors (Lipinski definition) is 0. The van der Waals surface area contributed by atoms with Crippen LogP contribution in [0.4, 0.5) is 5.69 Å². The second-order valence-electron chi connectivity index (χ2n) is 11.2. The van der Waals surface area contributed by atoms with Gasteiger partial charge < -0.3 is 14.2 Å². The van der Waals surface area contributed by atoms with Crippen molar-refractivity contribution in [2.24, 2.45) is 4.99 Å². The number of fused-ring (bicyclic) bond motifs is 3. The zero-order chi connectivity index (χ0) is 32.5. The second kappa shape index (κ2) is 12.7. The molecule has 7 rings (SSSR count). The Morgan fingerprint density at radius 1 is 0.979 bits per heavy atom. The van der Waals surface area contributed by atoms with E-state index >= 15 is 0 Å². The molecule has 4 aromatic carbocycles. The number of ether oxygens (including phenoxy) is 3. The van der Waals surface area contributed by atoms with Gasteiger partial charge >= 0.3 is 0 Å². The maximum Gasteiger partial charge on any atom is 0.271 e. The van der Waals surface area contributed by atoms with Gasteiger partial charge in [0.1, 0.15) is 12.4 Å². The zero-order valence-electron chi connectivity index (χ0n) is 25.8. The summed E-state index contributed by atoms with van der Waals surface area (Å²) < 4.78 is 19.9. The van der Waals surface area contributed by atoms with Crippen LogP contribution in [0.2, 0.25) is 0 Å². The van der Waals surface area contributed by atoms with E-state index in [4.69, 9.17) is 19.2 Å². The maximum atomic E-state index is 14.2. The van der Waals surface area contributed by atoms with Gasteiger partial charge in [-0.25, -0.2) is 4.99 Å². The van der Waals surface area contributed by atoms with Gasteiger partial charge in [-0.05, 0) is 90.1 Å². The smallest absolute Gasteiger partial charge is 0.271 e. The number of aromatic nitrogens is 1. The third-order valence-corrected chi connectivity index (χ3v) is 9.37. The number of aryl methyl sites for hydroxylation is 1. The van der Waals surface area contributed by atoms with E-state index in [9.17, 15) is 14.9 Å². The molecule has 10 heteroatoms. The van der Waals surface area contributed by atoms with Crippen LogP contribution in [-0.2, 0) is 13.0 Å². The molecule has 47 heavy (non-hydrogen) atoms. The molecule has 0 N–H and O–H groups in total. The number of nitrogens with zero attached hydrogens (tertiary/aromatic N) is 3. The normalized spacial score (nSPS) is 15.3. The molecule has 0 saturated heterocycles. The van der Waals surface area contributed by atoms with Gasteiger partial charge in [-0.1, -0.05) is 53.8 Å². The lowest BCUT2D eigenvalue weighted by molar-refractivity contribution is -0.384. The number of non-ortho nitro benzene ring substituents is 1. The van der Waals surface area contributed by atoms with Crippen LogP contribution < -0.4 is 29.1 Å². The number of hydrogen-bond acceptors (Lipinski definition) is 8. The van der Waals surface area contributed by atoms with E-state index in [-0.39, 0.29) is 23.9 Å². The van der Waals surface area contributed by atoms with Crippen molar-refractivity contribution in [2.75, 3.05) is 13.7 Å². The minimum Gasteiger partial charge on any atom is -0.497 e. The minimum atomic E-state index is -0.431. The lowest BCUT2D eigenvalue weighted by Gasteiger charge is -2.31. The predicted molar refractivity (Wildman–Crippen MR) is 181 cm³/mol. The van der Waals surface area contributed by atoms with Crippen LogP contribution in [0.1, 0.15) is 47.2 Å². The summed E-state index contributed by atoms with van der Waals surface area (Å²) in [6.45, 7) is 2.53. The molecule has 2 heterocycles. The van der Waals surface area contributed by atoms with Gasteiger partial charge in [-0.2, -0.15) is 0 Å². The van der Waals surface area contributed by atoms with Gasteiger partial charge in [0.25, 0.3) is 11.2 Å². The van der Waals surface area contributed by atoms with Crippen molar-refractivity contribution in [3.05, 3.63) is 154 Å². The Hall–Kier alpha value is -5.48. The fourth-order valence-electron chi connectivity index (χ4n) is 6.16. The highest BCUT2D eigenvalue weighted by Crippen LogP contribution is 2.41. The maximum absolute atomic E-state index is 14.2. The molecular weight excluding hydrogens is 614 g/mol. The molecule has 0 bridgehead atoms. The third kappa shape index (κ3) is 5.83. The lowest BCUT2D eigenvalue weighted by Crippen LogP contribution is -2.38. The molecule has 1 atom stereocenters. The van der Waals surface area contributed by atoms with E-state index in [1.807, 2.05) is 66.1 Å². The number of allylic oxidation sites excluding steroid dienone is 1. The van der Waals surface area contributed by atoms with E-state index in [0.29, 0.717) is 27.4 Å². The summed E-state index contributed by atoms with van der Waals surface area (Å²) in [6, 6.07) is 27.8. The molecule has 9 nitrogen and oxygen atoms in total. The van der Waals surface area contributed by atoms with E-state index in [1.54, 1.807) is 19.2 Å². The average molecular weight is 646 g/mol. The number of benzene rings is 4. The minimum absolute atomic E-state index is 0.0261. The first-order valence-electron chi connectivity index (χ1n) is 15.3. The van der Waals surface area contributed by atoms with Crippen molar-refractivity contribution in [3.63, 3.8) is 0 Å². The monoisotopic (exact) mass is 645 g/mol. The highest BCUT2D eigenvalue weighted by Gasteiger charge is 2.32. The summed E-state index contributed by atoms with van der Waals surface area (Å²) >= 11 is 1.37. The van der Waals surface area contributed by atoms with Gasteiger partial charge in [0, 0.05) is 17.7 Å². The van der Waals surface area contributed by atoms with Crippen molar-refractivity contribution in [1.82, 2.24) is 4.57 Å². The fourth-order valence-corrected chi connectivity index (χ4v) is 7.16. The molecule has 2 aliphatic rings. The molecule has 236 valence electrons. The van der Waals surface area contributed by atoms with E-state index in [2.05, 4.69) is 18.2 Å². The summed E-state index contributed by atoms with van der Waals surface area (Å²) in [6.07, 6.45) is 3.56. The Bertz CT molecular complexity index is 2220. The quantitative estimate of drug-likeness (QED) is 0.139. The van der Waals surface area contributed by atoms with E-state index < -0.39 is 4.92 Å². The SMILES string of the molecule is CCOc1cc(/C=c2/sc3n(c2=O)[C@H](c2cccc(OC)c2)C2=C(N=3)c3ccccc3CC2)ccc1OCc1ccc([N+](=O)[O-])cc1. The van der Waals surface area contributed by atoms with Gasteiger partial charge in [-0.15, -0.1) is 0 Å². The van der Waals surface area contributed by atoms with Crippen molar-refractivity contribution in [3.8, 4) is 17.2 Å². The summed E-state index contributed by atoms with van der Waals surface area (Å²) in [5, 5.41) is 11.0. The molecule has 5 aromatic rings. The molecule has 1 aromatic heterocycles. The van der Waals surface area contributed by atoms with Crippen LogP contribution in [0.3, 0.4) is 0 Å². The van der Waals surface area contributed by atoms with Crippen molar-refractivity contribution in [2.45, 2.75) is 32.4 Å². The highest BCUT2D eigenvalue weighted by atomic mass is 32.1. The van der Waals surface area contributed by atoms with E-state index in [1.165, 1.54) is 29.0 Å². The number of thiazole rings is 1. The predicted octanol–water partition coefficient (Wildman–Crippen LogP) is 6.21. The first-order valence-corrected chi connectivity index (χ1v) is 16.1. The van der Waals surface area contributed by atoms with Crippen LogP contribution in [0.25, 0.3) is 11.8 Å². The first-order chi connectivity index (χ1) is 22.9. The Morgan fingerprint density at radius 2 is 1.81 bits per heavy atom. The van der Waals surface area contributed by atoms with Crippen LogP contribution in [0.15, 0.2) is 106 Å². The first kappa shape index (κ1) is 30.2. The van der Waals surface area contributed by atoms with Gasteiger partial charge in [-0.3, -0.25) is 19.5 Å². The molecule has 0 spiro atoms. The highest BCUT2D eigenvalue weighted by molar-refractivity contribution is 7.07. The van der Waals surface area contributed by atoms with Crippen molar-refractivity contribution < 1.29 is 19.1 Å². The second-order valence-corrected chi connectivity index (χ2v) is 12.3. The van der Waals surface area contributed by atoms with Crippen molar-refractivity contribution in [1.29, 1.82) is 0 Å². The largest absolute Gasteiger partial charge is 0.497 e. The molecule has 0 amide bonds. The molecule has 0 radical (unpaired) electrons. The topological polar surface area (TPSA) is 105 Å². The molecule has 1 aliphatic carbocycles. The summed E-state index contributed by atoms with van der Waals surface area (Å²) in [7, 11) is 1.65. The lowest BCUT2D eigenvalue weighted by atomic mass is 9.83. The number of nitro benzene ring substituents is 1. The summed E-state index contributed by atoms with van der Waals surface area (Å²) in [5.41, 5.74) is 6.92. The third-order valence-electron chi connectivity index (χ3n) is 8.39. The van der Waals surface area contributed by atoms with Crippen LogP contribution in [-0.4, -0.2) is 23.2 Å². The van der Waals surface area contributed by atoms with Crippen LogP contribution >= 0.6 is 11.3 Å². The fraction of sp³-hybridized carbons (Fsp3) is 0.189. The van der Waals surface area contributed by atoms with Crippen molar-refractivity contribution >= 4 is 28.8 Å². The zero-order valence-corrected chi connectivity index (χ0v) is 26.7. The van der Waals surface area contributed by atoms with Crippen LogP contribution in [0, 0.1) is 10.1 Å². The van der Waals surface area contributed by atoms with Crippen LogP contribution in [0.5, 0.6) is 17.2 Å². The summed E-state index contributed by atoms with van der Waals surface area (Å²) in [5.74, 6) is 1.81. The Labute approximate surface area is 274 Å². The average Bonchev–Trinajstić information content (AvgIpc) is 3.40. The molecule has 0 unspecified atom stereocenters. The number of rotatable bonds is 9. The Balaban J connectivity index is 1.28. The van der Waals surface area contributed by atoms with E-state index in [0.717, 1.165) is 52.1 Å². The van der Waals surface area contributed by atoms with Gasteiger partial charge in [0.05, 0.1) is 34.9 Å². The number of methoxy groups -OCH3 is 1. The Morgan fingerprint density at radius 3 is 2.60 bits per heavy atom. The van der Waals surface area contributed by atoms with Gasteiger partial charge in [0.15, 0.2) is 16.3 Å². The van der Waals surface area contributed by atoms with Gasteiger partial charge in [0.2, 0.25) is 0 Å².